The van der Waals surface area contributed by atoms with Crippen LogP contribution < -0.4 is 16.4 Å². The second-order valence-electron chi connectivity index (χ2n) is 4.58. The largest absolute Gasteiger partial charge is 0.351 e. The molecule has 1 fully saturated rings. The maximum absolute atomic E-state index is 11.4. The van der Waals surface area contributed by atoms with E-state index in [9.17, 15) is 9.59 Å². The van der Waals surface area contributed by atoms with E-state index in [1.807, 2.05) is 0 Å². The first kappa shape index (κ1) is 13.9. The van der Waals surface area contributed by atoms with Gasteiger partial charge in [0, 0.05) is 19.1 Å². The number of rotatable bonds is 4. The van der Waals surface area contributed by atoms with Gasteiger partial charge >= 0.3 is 6.03 Å². The zero-order valence-electron chi connectivity index (χ0n) is 10.5. The Morgan fingerprint density at radius 3 is 2.71 bits per heavy atom. The van der Waals surface area contributed by atoms with E-state index in [0.29, 0.717) is 12.0 Å². The minimum Gasteiger partial charge on any atom is -0.351 e. The molecule has 0 radical (unpaired) electrons. The molecule has 1 aliphatic heterocycles. The maximum Gasteiger partial charge on any atom is 0.318 e. The molecule has 0 aromatic rings. The fourth-order valence-corrected chi connectivity index (χ4v) is 2.32. The zero-order valence-corrected chi connectivity index (χ0v) is 10.5. The first-order valence-electron chi connectivity index (χ1n) is 6.08. The zero-order chi connectivity index (χ0) is 12.8. The van der Waals surface area contributed by atoms with Crippen LogP contribution in [0, 0.1) is 5.92 Å². The molecule has 17 heavy (non-hydrogen) atoms. The Labute approximate surface area is 102 Å². The molecule has 98 valence electrons. The van der Waals surface area contributed by atoms with E-state index >= 15 is 0 Å². The molecule has 0 aromatic heterocycles. The molecule has 6 heteroatoms. The van der Waals surface area contributed by atoms with Crippen LogP contribution in [0.1, 0.15) is 20.3 Å². The number of nitrogens with one attached hydrogen (secondary N) is 2. The van der Waals surface area contributed by atoms with Gasteiger partial charge in [-0.2, -0.15) is 0 Å². The number of nitrogens with two attached hydrogens (primary N) is 1. The van der Waals surface area contributed by atoms with Crippen molar-refractivity contribution >= 4 is 11.9 Å². The summed E-state index contributed by atoms with van der Waals surface area (Å²) in [6.07, 6.45) is 1.03. The van der Waals surface area contributed by atoms with Crippen LogP contribution in [0.25, 0.3) is 0 Å². The lowest BCUT2D eigenvalue weighted by Crippen LogP contribution is -2.51. The van der Waals surface area contributed by atoms with Gasteiger partial charge < -0.3 is 11.1 Å². The van der Waals surface area contributed by atoms with Crippen molar-refractivity contribution in [1.29, 1.82) is 0 Å². The quantitative estimate of drug-likeness (QED) is 0.620. The Morgan fingerprint density at radius 1 is 1.47 bits per heavy atom. The second kappa shape index (κ2) is 6.56. The van der Waals surface area contributed by atoms with Gasteiger partial charge in [0.2, 0.25) is 5.91 Å². The Balaban J connectivity index is 2.34. The Morgan fingerprint density at radius 2 is 2.18 bits per heavy atom. The lowest BCUT2D eigenvalue weighted by molar-refractivity contribution is -0.121. The summed E-state index contributed by atoms with van der Waals surface area (Å²) in [5.74, 6) is 0.177. The summed E-state index contributed by atoms with van der Waals surface area (Å²) in [7, 11) is 0. The van der Waals surface area contributed by atoms with E-state index < -0.39 is 6.03 Å². The van der Waals surface area contributed by atoms with Gasteiger partial charge in [-0.15, -0.1) is 0 Å². The molecule has 1 heterocycles. The van der Waals surface area contributed by atoms with E-state index in [1.54, 1.807) is 0 Å². The fourth-order valence-electron chi connectivity index (χ4n) is 2.32. The molecule has 0 spiro atoms. The van der Waals surface area contributed by atoms with Gasteiger partial charge in [-0.05, 0) is 18.9 Å². The molecule has 2 atom stereocenters. The molecule has 0 saturated carbocycles. The van der Waals surface area contributed by atoms with Gasteiger partial charge in [-0.3, -0.25) is 15.0 Å². The summed E-state index contributed by atoms with van der Waals surface area (Å²) in [4.78, 5) is 23.9. The summed E-state index contributed by atoms with van der Waals surface area (Å²) >= 11 is 0. The van der Waals surface area contributed by atoms with Crippen molar-refractivity contribution in [3.8, 4) is 0 Å². The lowest BCUT2D eigenvalue weighted by atomic mass is 9.94. The van der Waals surface area contributed by atoms with Crippen LogP contribution in [0.3, 0.4) is 0 Å². The van der Waals surface area contributed by atoms with Crippen LogP contribution in [0.4, 0.5) is 4.79 Å². The number of hydrogen-bond donors (Lipinski definition) is 3. The summed E-state index contributed by atoms with van der Waals surface area (Å²) in [6.45, 7) is 7.21. The monoisotopic (exact) mass is 242 g/mol. The van der Waals surface area contributed by atoms with Crippen molar-refractivity contribution in [1.82, 2.24) is 15.5 Å². The Hall–Kier alpha value is -1.14. The summed E-state index contributed by atoms with van der Waals surface area (Å²) in [5.41, 5.74) is 4.89. The molecule has 0 aromatic carbocycles. The third-order valence-electron chi connectivity index (χ3n) is 3.09. The lowest BCUT2D eigenvalue weighted by Gasteiger charge is -2.36. The average Bonchev–Trinajstić information content (AvgIpc) is 2.21. The summed E-state index contributed by atoms with van der Waals surface area (Å²) in [5, 5.41) is 5.52. The minimum absolute atomic E-state index is 0.242. The number of urea groups is 1. The summed E-state index contributed by atoms with van der Waals surface area (Å²) in [6, 6.07) is -0.263. The molecule has 1 rings (SSSR count). The minimum atomic E-state index is -0.786. The number of carbonyl (C=O) groups is 2. The second-order valence-corrected chi connectivity index (χ2v) is 4.58. The molecule has 1 aliphatic rings. The normalized spacial score (nSPS) is 25.5. The molecule has 0 aliphatic carbocycles. The first-order valence-corrected chi connectivity index (χ1v) is 6.08. The van der Waals surface area contributed by atoms with Crippen molar-refractivity contribution in [3.05, 3.63) is 0 Å². The molecule has 2 unspecified atom stereocenters. The van der Waals surface area contributed by atoms with Crippen LogP contribution in [0.15, 0.2) is 0 Å². The highest BCUT2D eigenvalue weighted by Crippen LogP contribution is 2.16. The Bertz CT molecular complexity index is 283. The smallest absolute Gasteiger partial charge is 0.318 e. The van der Waals surface area contributed by atoms with E-state index in [-0.39, 0.29) is 12.5 Å². The number of carbonyl (C=O) groups excluding carboxylic acids is 2. The van der Waals surface area contributed by atoms with Crippen LogP contribution >= 0.6 is 0 Å². The van der Waals surface area contributed by atoms with E-state index in [0.717, 1.165) is 26.1 Å². The van der Waals surface area contributed by atoms with E-state index in [1.165, 1.54) is 0 Å². The van der Waals surface area contributed by atoms with Crippen LogP contribution in [0.5, 0.6) is 0 Å². The highest BCUT2D eigenvalue weighted by Gasteiger charge is 2.26. The standard InChI is InChI=1S/C11H22N4O2/c1-3-13-9-4-5-15(6-8(9)2)7-10(16)14-11(12)17/h8-9,13H,3-7H2,1-2H3,(H3,12,14,16,17). The predicted molar refractivity (Wildman–Crippen MR) is 65.4 cm³/mol. The molecular weight excluding hydrogens is 220 g/mol. The molecule has 3 amide bonds. The van der Waals surface area contributed by atoms with E-state index in [4.69, 9.17) is 5.73 Å². The highest BCUT2D eigenvalue weighted by molar-refractivity contribution is 5.94. The van der Waals surface area contributed by atoms with Crippen LogP contribution in [-0.4, -0.2) is 49.1 Å². The van der Waals surface area contributed by atoms with Gasteiger partial charge in [-0.1, -0.05) is 13.8 Å². The van der Waals surface area contributed by atoms with Crippen molar-refractivity contribution in [2.75, 3.05) is 26.2 Å². The molecule has 0 bridgehead atoms. The third kappa shape index (κ3) is 4.70. The molecule has 4 N–H and O–H groups in total. The maximum atomic E-state index is 11.4. The first-order chi connectivity index (χ1) is 8.02. The molecule has 6 nitrogen and oxygen atoms in total. The molecule has 1 saturated heterocycles. The fraction of sp³-hybridized carbons (Fsp3) is 0.818. The number of nitrogens with zero attached hydrogens (tertiary/aromatic N) is 1. The van der Waals surface area contributed by atoms with E-state index in [2.05, 4.69) is 29.4 Å². The third-order valence-corrected chi connectivity index (χ3v) is 3.09. The number of primary amides is 1. The van der Waals surface area contributed by atoms with Crippen LogP contribution in [-0.2, 0) is 4.79 Å². The number of hydrogen-bond acceptors (Lipinski definition) is 4. The van der Waals surface area contributed by atoms with Crippen molar-refractivity contribution < 1.29 is 9.59 Å². The summed E-state index contributed by atoms with van der Waals surface area (Å²) < 4.78 is 0. The number of amides is 3. The van der Waals surface area contributed by atoms with Crippen molar-refractivity contribution in [2.24, 2.45) is 11.7 Å². The SMILES string of the molecule is CCNC1CCN(CC(=O)NC(N)=O)CC1C. The number of piperidine rings is 1. The van der Waals surface area contributed by atoms with Gasteiger partial charge in [0.15, 0.2) is 0 Å². The van der Waals surface area contributed by atoms with Gasteiger partial charge in [0.05, 0.1) is 6.54 Å². The highest BCUT2D eigenvalue weighted by atomic mass is 16.2. The predicted octanol–water partition coefficient (Wildman–Crippen LogP) is -0.499. The Kier molecular flexibility index (Phi) is 5.37. The number of likely N-dealkylation sites (tertiary alicyclic amines) is 1. The van der Waals surface area contributed by atoms with Crippen molar-refractivity contribution in [2.45, 2.75) is 26.3 Å². The average molecular weight is 242 g/mol. The van der Waals surface area contributed by atoms with Gasteiger partial charge in [-0.25, -0.2) is 4.79 Å². The van der Waals surface area contributed by atoms with Gasteiger partial charge in [0.1, 0.15) is 0 Å². The van der Waals surface area contributed by atoms with Crippen LogP contribution in [0.2, 0.25) is 0 Å². The van der Waals surface area contributed by atoms with Crippen molar-refractivity contribution in [3.63, 3.8) is 0 Å². The number of imide groups is 1. The topological polar surface area (TPSA) is 87.5 Å². The molecular formula is C11H22N4O2. The van der Waals surface area contributed by atoms with Gasteiger partial charge in [0.25, 0.3) is 0 Å².